The first kappa shape index (κ1) is 29.7. The fraction of sp³-hybridized carbons (Fsp3) is 0.643. The molecule has 0 aromatic carbocycles. The minimum absolute atomic E-state index is 0.0129. The van der Waals surface area contributed by atoms with Gasteiger partial charge in [0, 0.05) is 17.7 Å². The molecule has 6 nitrogen and oxygen atoms in total. The van der Waals surface area contributed by atoms with Crippen molar-refractivity contribution >= 4 is 11.9 Å². The number of ether oxygens (including phenoxy) is 2. The molecule has 1 aliphatic carbocycles. The van der Waals surface area contributed by atoms with Gasteiger partial charge in [0.2, 0.25) is 0 Å². The summed E-state index contributed by atoms with van der Waals surface area (Å²) in [5.41, 5.74) is 6.74. The summed E-state index contributed by atoms with van der Waals surface area (Å²) in [5, 5.41) is 2.91. The number of carbonyl (C=O) groups is 2. The SMILES string of the molecule is C=CC(=C)C(OCCCN)=C(CC=CCCC1CCCC1OC(=O)NCC(C)CCC)C(C)=O. The smallest absolute Gasteiger partial charge is 0.407 e. The van der Waals surface area contributed by atoms with Crippen LogP contribution in [0.3, 0.4) is 0 Å². The number of hydrogen-bond donors (Lipinski definition) is 2. The summed E-state index contributed by atoms with van der Waals surface area (Å²) in [6.45, 7) is 15.2. The first-order valence-corrected chi connectivity index (χ1v) is 12.8. The number of ketones is 1. The van der Waals surface area contributed by atoms with Crippen LogP contribution < -0.4 is 11.1 Å². The van der Waals surface area contributed by atoms with Crippen LogP contribution in [0.2, 0.25) is 0 Å². The van der Waals surface area contributed by atoms with E-state index in [0.717, 1.165) is 44.9 Å². The van der Waals surface area contributed by atoms with E-state index in [1.165, 1.54) is 0 Å². The number of Topliss-reactive ketones (excluding diaryl/α,β-unsaturated/α-hetero) is 1. The van der Waals surface area contributed by atoms with Crippen LogP contribution in [0, 0.1) is 11.8 Å². The molecule has 3 N–H and O–H groups in total. The Morgan fingerprint density at radius 2 is 2.03 bits per heavy atom. The molecule has 1 amide bonds. The molecule has 0 saturated heterocycles. The highest BCUT2D eigenvalue weighted by Crippen LogP contribution is 2.32. The minimum atomic E-state index is -0.295. The molecule has 0 heterocycles. The quantitative estimate of drug-likeness (QED) is 0.0888. The standard InChI is InChI=1S/C28H46N2O4/c1-6-13-21(3)20-30-28(32)34-26-17-11-15-24(26)14-9-8-10-16-25(23(5)31)27(22(4)7-2)33-19-12-18-29/h7-8,10,21,24,26H,2,4,6,9,11-20,29H2,1,3,5H3,(H,30,32). The molecule has 3 unspecified atom stereocenters. The average Bonchev–Trinajstić information content (AvgIpc) is 3.24. The third-order valence-electron chi connectivity index (χ3n) is 6.25. The molecule has 1 rings (SSSR count). The van der Waals surface area contributed by atoms with Crippen LogP contribution >= 0.6 is 0 Å². The Morgan fingerprint density at radius 1 is 1.26 bits per heavy atom. The molecule has 0 aliphatic heterocycles. The van der Waals surface area contributed by atoms with Crippen LogP contribution in [-0.4, -0.2) is 37.7 Å². The molecule has 1 saturated carbocycles. The summed E-state index contributed by atoms with van der Waals surface area (Å²) in [5.74, 6) is 1.30. The number of rotatable bonds is 17. The first-order valence-electron chi connectivity index (χ1n) is 12.8. The molecule has 0 spiro atoms. The second kappa shape index (κ2) is 17.1. The van der Waals surface area contributed by atoms with Crippen LogP contribution in [-0.2, 0) is 14.3 Å². The summed E-state index contributed by atoms with van der Waals surface area (Å²) < 4.78 is 11.5. The van der Waals surface area contributed by atoms with Gasteiger partial charge in [-0.3, -0.25) is 4.79 Å². The predicted molar refractivity (Wildman–Crippen MR) is 139 cm³/mol. The predicted octanol–water partition coefficient (Wildman–Crippen LogP) is 5.99. The van der Waals surface area contributed by atoms with Crippen molar-refractivity contribution in [2.45, 2.75) is 84.7 Å². The first-order chi connectivity index (χ1) is 16.3. The van der Waals surface area contributed by atoms with E-state index in [-0.39, 0.29) is 18.0 Å². The molecule has 0 aromatic rings. The maximum Gasteiger partial charge on any atom is 0.407 e. The highest BCUT2D eigenvalue weighted by Gasteiger charge is 2.29. The molecule has 6 heteroatoms. The molecule has 0 bridgehead atoms. The van der Waals surface area contributed by atoms with Gasteiger partial charge in [-0.1, -0.05) is 51.7 Å². The van der Waals surface area contributed by atoms with Crippen LogP contribution in [0.25, 0.3) is 0 Å². The Kier molecular flexibility index (Phi) is 15.0. The van der Waals surface area contributed by atoms with Gasteiger partial charge >= 0.3 is 6.09 Å². The number of hydrogen-bond acceptors (Lipinski definition) is 5. The van der Waals surface area contributed by atoms with Gasteiger partial charge in [-0.05, 0) is 76.7 Å². The van der Waals surface area contributed by atoms with Crippen LogP contribution in [0.1, 0.15) is 78.6 Å². The second-order valence-electron chi connectivity index (χ2n) is 9.25. The molecule has 1 fully saturated rings. The van der Waals surface area contributed by atoms with Gasteiger partial charge in [-0.15, -0.1) is 0 Å². The van der Waals surface area contributed by atoms with E-state index in [1.54, 1.807) is 13.0 Å². The van der Waals surface area contributed by atoms with Crippen molar-refractivity contribution in [1.29, 1.82) is 0 Å². The van der Waals surface area contributed by atoms with Crippen LogP contribution in [0.4, 0.5) is 4.79 Å². The maximum absolute atomic E-state index is 12.3. The molecule has 34 heavy (non-hydrogen) atoms. The Balaban J connectivity index is 2.58. The van der Waals surface area contributed by atoms with Gasteiger partial charge in [-0.25, -0.2) is 4.79 Å². The Hall–Kier alpha value is -2.34. The number of carbonyl (C=O) groups excluding carboxylic acids is 2. The van der Waals surface area contributed by atoms with E-state index in [0.29, 0.717) is 61.3 Å². The second-order valence-corrected chi connectivity index (χ2v) is 9.25. The van der Waals surface area contributed by atoms with Crippen molar-refractivity contribution in [3.8, 4) is 0 Å². The largest absolute Gasteiger partial charge is 0.493 e. The van der Waals surface area contributed by atoms with Crippen molar-refractivity contribution < 1.29 is 19.1 Å². The lowest BCUT2D eigenvalue weighted by Crippen LogP contribution is -2.33. The van der Waals surface area contributed by atoms with Gasteiger partial charge in [0.15, 0.2) is 5.78 Å². The zero-order valence-corrected chi connectivity index (χ0v) is 21.6. The van der Waals surface area contributed by atoms with Gasteiger partial charge < -0.3 is 20.5 Å². The lowest BCUT2D eigenvalue weighted by Gasteiger charge is -2.20. The van der Waals surface area contributed by atoms with Crippen molar-refractivity contribution in [3.63, 3.8) is 0 Å². The van der Waals surface area contributed by atoms with Crippen molar-refractivity contribution in [3.05, 3.63) is 48.3 Å². The molecule has 1 aliphatic rings. The molecular weight excluding hydrogens is 428 g/mol. The van der Waals surface area contributed by atoms with Crippen LogP contribution in [0.15, 0.2) is 48.3 Å². The lowest BCUT2D eigenvalue weighted by molar-refractivity contribution is -0.113. The van der Waals surface area contributed by atoms with Crippen molar-refractivity contribution in [2.24, 2.45) is 17.6 Å². The summed E-state index contributed by atoms with van der Waals surface area (Å²) in [6.07, 6.45) is 13.7. The summed E-state index contributed by atoms with van der Waals surface area (Å²) in [7, 11) is 0. The summed E-state index contributed by atoms with van der Waals surface area (Å²) in [6, 6.07) is 0. The van der Waals surface area contributed by atoms with Crippen LogP contribution in [0.5, 0.6) is 0 Å². The van der Waals surface area contributed by atoms with Gasteiger partial charge in [0.1, 0.15) is 11.9 Å². The molecule has 0 radical (unpaired) electrons. The van der Waals surface area contributed by atoms with E-state index >= 15 is 0 Å². The number of nitrogens with one attached hydrogen (secondary N) is 1. The Morgan fingerprint density at radius 3 is 2.68 bits per heavy atom. The topological polar surface area (TPSA) is 90.7 Å². The van der Waals surface area contributed by atoms with Gasteiger partial charge in [-0.2, -0.15) is 0 Å². The zero-order valence-electron chi connectivity index (χ0n) is 21.6. The molecular formula is C28H46N2O4. The minimum Gasteiger partial charge on any atom is -0.493 e. The fourth-order valence-corrected chi connectivity index (χ4v) is 4.27. The zero-order chi connectivity index (χ0) is 25.3. The summed E-state index contributed by atoms with van der Waals surface area (Å²) >= 11 is 0. The van der Waals surface area contributed by atoms with E-state index < -0.39 is 0 Å². The number of nitrogens with two attached hydrogens (primary N) is 1. The van der Waals surface area contributed by atoms with Gasteiger partial charge in [0.05, 0.1) is 6.61 Å². The number of alkyl carbamates (subject to hydrolysis) is 1. The van der Waals surface area contributed by atoms with E-state index in [4.69, 9.17) is 15.2 Å². The fourth-order valence-electron chi connectivity index (χ4n) is 4.27. The third kappa shape index (κ3) is 11.2. The normalized spacial score (nSPS) is 19.4. The highest BCUT2D eigenvalue weighted by atomic mass is 16.6. The lowest BCUT2D eigenvalue weighted by atomic mass is 9.98. The third-order valence-corrected chi connectivity index (χ3v) is 6.25. The van der Waals surface area contributed by atoms with Crippen molar-refractivity contribution in [2.75, 3.05) is 19.7 Å². The maximum atomic E-state index is 12.3. The van der Waals surface area contributed by atoms with Crippen molar-refractivity contribution in [1.82, 2.24) is 5.32 Å². The Labute approximate surface area is 206 Å². The summed E-state index contributed by atoms with van der Waals surface area (Å²) in [4.78, 5) is 24.5. The molecule has 3 atom stereocenters. The van der Waals surface area contributed by atoms with E-state index in [9.17, 15) is 9.59 Å². The highest BCUT2D eigenvalue weighted by molar-refractivity contribution is 5.94. The number of amides is 1. The van der Waals surface area contributed by atoms with E-state index in [2.05, 4.69) is 38.4 Å². The molecule has 0 aromatic heterocycles. The monoisotopic (exact) mass is 474 g/mol. The molecule has 192 valence electrons. The van der Waals surface area contributed by atoms with E-state index in [1.807, 2.05) is 6.08 Å². The Bertz CT molecular complexity index is 726. The van der Waals surface area contributed by atoms with Gasteiger partial charge in [0.25, 0.3) is 0 Å². The average molecular weight is 475 g/mol. The number of allylic oxidation sites excluding steroid dienone is 4.